The standard InChI is InChI=1S/C12H25NO3/c1-10(14)15-9-6-12(2,3)16-11-4-7-13-8-5-11/h10-11,13-14H,4-9H2,1-3H3. The SMILES string of the molecule is CC(O)OCCC(C)(C)OC1CCNCC1. The third-order valence-electron chi connectivity index (χ3n) is 2.84. The van der Waals surface area contributed by atoms with Gasteiger partial charge in [0.25, 0.3) is 0 Å². The highest BCUT2D eigenvalue weighted by atomic mass is 16.6. The van der Waals surface area contributed by atoms with Gasteiger partial charge in [-0.25, -0.2) is 0 Å². The van der Waals surface area contributed by atoms with Crippen LogP contribution in [-0.4, -0.2) is 42.8 Å². The molecular weight excluding hydrogens is 206 g/mol. The lowest BCUT2D eigenvalue weighted by atomic mass is 10.0. The van der Waals surface area contributed by atoms with Gasteiger partial charge in [0.15, 0.2) is 6.29 Å². The lowest BCUT2D eigenvalue weighted by Crippen LogP contribution is -2.39. The van der Waals surface area contributed by atoms with E-state index in [1.807, 2.05) is 0 Å². The Morgan fingerprint density at radius 1 is 1.38 bits per heavy atom. The highest BCUT2D eigenvalue weighted by Gasteiger charge is 2.24. The van der Waals surface area contributed by atoms with E-state index in [2.05, 4.69) is 19.2 Å². The Morgan fingerprint density at radius 2 is 2.00 bits per heavy atom. The molecule has 4 heteroatoms. The number of piperidine rings is 1. The van der Waals surface area contributed by atoms with Crippen LogP contribution in [0.5, 0.6) is 0 Å². The summed E-state index contributed by atoms with van der Waals surface area (Å²) in [5, 5.41) is 12.3. The minimum atomic E-state index is -0.685. The zero-order valence-electron chi connectivity index (χ0n) is 10.7. The zero-order valence-corrected chi connectivity index (χ0v) is 10.7. The number of rotatable bonds is 6. The van der Waals surface area contributed by atoms with Gasteiger partial charge in [-0.3, -0.25) is 0 Å². The van der Waals surface area contributed by atoms with Crippen LogP contribution in [0.2, 0.25) is 0 Å². The van der Waals surface area contributed by atoms with E-state index in [0.717, 1.165) is 32.4 Å². The van der Waals surface area contributed by atoms with Crippen molar-refractivity contribution in [3.8, 4) is 0 Å². The van der Waals surface area contributed by atoms with Crippen molar-refractivity contribution >= 4 is 0 Å². The predicted octanol–water partition coefficient (Wildman–Crippen LogP) is 1.28. The quantitative estimate of drug-likeness (QED) is 0.676. The summed E-state index contributed by atoms with van der Waals surface area (Å²) in [6.45, 7) is 8.42. The summed E-state index contributed by atoms with van der Waals surface area (Å²) in [5.74, 6) is 0. The average Bonchev–Trinajstić information content (AvgIpc) is 2.17. The van der Waals surface area contributed by atoms with E-state index < -0.39 is 6.29 Å². The van der Waals surface area contributed by atoms with Gasteiger partial charge in [0.1, 0.15) is 0 Å². The topological polar surface area (TPSA) is 50.7 Å². The molecule has 1 aliphatic heterocycles. The number of aliphatic hydroxyl groups is 1. The van der Waals surface area contributed by atoms with Crippen molar-refractivity contribution in [3.63, 3.8) is 0 Å². The van der Waals surface area contributed by atoms with Gasteiger partial charge in [0, 0.05) is 0 Å². The van der Waals surface area contributed by atoms with Gasteiger partial charge in [-0.1, -0.05) is 0 Å². The van der Waals surface area contributed by atoms with Gasteiger partial charge < -0.3 is 19.9 Å². The summed E-state index contributed by atoms with van der Waals surface area (Å²) in [6.07, 6.45) is 2.65. The van der Waals surface area contributed by atoms with Crippen molar-refractivity contribution in [1.82, 2.24) is 5.32 Å². The Bertz CT molecular complexity index is 189. The minimum Gasteiger partial charge on any atom is -0.372 e. The van der Waals surface area contributed by atoms with Gasteiger partial charge in [-0.05, 0) is 53.1 Å². The molecule has 1 atom stereocenters. The molecule has 0 radical (unpaired) electrons. The van der Waals surface area contributed by atoms with Crippen LogP contribution in [0.15, 0.2) is 0 Å². The van der Waals surface area contributed by atoms with E-state index in [4.69, 9.17) is 14.6 Å². The molecule has 0 aromatic carbocycles. The molecular formula is C12H25NO3. The van der Waals surface area contributed by atoms with Gasteiger partial charge in [-0.2, -0.15) is 0 Å². The van der Waals surface area contributed by atoms with E-state index in [0.29, 0.717) is 12.7 Å². The molecule has 96 valence electrons. The average molecular weight is 231 g/mol. The van der Waals surface area contributed by atoms with Crippen LogP contribution < -0.4 is 5.32 Å². The molecule has 0 saturated carbocycles. The van der Waals surface area contributed by atoms with Gasteiger partial charge in [0.2, 0.25) is 0 Å². The first-order valence-corrected chi connectivity index (χ1v) is 6.18. The number of hydrogen-bond donors (Lipinski definition) is 2. The van der Waals surface area contributed by atoms with Gasteiger partial charge in [-0.15, -0.1) is 0 Å². The highest BCUT2D eigenvalue weighted by Crippen LogP contribution is 2.21. The minimum absolute atomic E-state index is 0.170. The number of ether oxygens (including phenoxy) is 2. The van der Waals surface area contributed by atoms with E-state index in [1.54, 1.807) is 6.92 Å². The number of aliphatic hydroxyl groups excluding tert-OH is 1. The maximum Gasteiger partial charge on any atom is 0.151 e. The maximum atomic E-state index is 9.00. The Morgan fingerprint density at radius 3 is 2.56 bits per heavy atom. The van der Waals surface area contributed by atoms with Crippen LogP contribution in [0.3, 0.4) is 0 Å². The third kappa shape index (κ3) is 5.80. The van der Waals surface area contributed by atoms with Crippen LogP contribution >= 0.6 is 0 Å². The van der Waals surface area contributed by atoms with Crippen LogP contribution in [0.4, 0.5) is 0 Å². The van der Waals surface area contributed by atoms with E-state index in [1.165, 1.54) is 0 Å². The van der Waals surface area contributed by atoms with Crippen LogP contribution in [0.25, 0.3) is 0 Å². The molecule has 1 rings (SSSR count). The van der Waals surface area contributed by atoms with Crippen molar-refractivity contribution in [1.29, 1.82) is 0 Å². The van der Waals surface area contributed by atoms with Crippen LogP contribution in [-0.2, 0) is 9.47 Å². The van der Waals surface area contributed by atoms with Crippen molar-refractivity contribution in [2.75, 3.05) is 19.7 Å². The molecule has 1 saturated heterocycles. The van der Waals surface area contributed by atoms with Crippen LogP contribution in [0.1, 0.15) is 40.0 Å². The molecule has 0 bridgehead atoms. The fourth-order valence-electron chi connectivity index (χ4n) is 1.90. The Balaban J connectivity index is 2.21. The molecule has 16 heavy (non-hydrogen) atoms. The molecule has 0 amide bonds. The lowest BCUT2D eigenvalue weighted by Gasteiger charge is -2.33. The molecule has 0 aliphatic carbocycles. The Hall–Kier alpha value is -0.160. The van der Waals surface area contributed by atoms with Crippen molar-refractivity contribution in [3.05, 3.63) is 0 Å². The summed E-state index contributed by atoms with van der Waals surface area (Å²) in [6, 6.07) is 0. The first kappa shape index (κ1) is 13.9. The predicted molar refractivity (Wildman–Crippen MR) is 63.3 cm³/mol. The molecule has 1 aliphatic rings. The second kappa shape index (κ2) is 6.55. The highest BCUT2D eigenvalue weighted by molar-refractivity contribution is 4.75. The second-order valence-corrected chi connectivity index (χ2v) is 5.05. The van der Waals surface area contributed by atoms with Crippen LogP contribution in [0, 0.1) is 0 Å². The molecule has 1 unspecified atom stereocenters. The number of nitrogens with one attached hydrogen (secondary N) is 1. The normalized spacial score (nSPS) is 21.0. The summed E-state index contributed by atoms with van der Waals surface area (Å²) in [4.78, 5) is 0. The molecule has 1 heterocycles. The zero-order chi connectivity index (χ0) is 12.0. The lowest BCUT2D eigenvalue weighted by molar-refractivity contribution is -0.125. The van der Waals surface area contributed by atoms with Gasteiger partial charge >= 0.3 is 0 Å². The summed E-state index contributed by atoms with van der Waals surface area (Å²) >= 11 is 0. The molecule has 1 fully saturated rings. The first-order valence-electron chi connectivity index (χ1n) is 6.18. The molecule has 0 spiro atoms. The molecule has 2 N–H and O–H groups in total. The monoisotopic (exact) mass is 231 g/mol. The Labute approximate surface area is 98.3 Å². The van der Waals surface area contributed by atoms with Gasteiger partial charge in [0.05, 0.1) is 18.3 Å². The summed E-state index contributed by atoms with van der Waals surface area (Å²) < 4.78 is 11.2. The molecule has 0 aromatic heterocycles. The molecule has 4 nitrogen and oxygen atoms in total. The number of hydrogen-bond acceptors (Lipinski definition) is 4. The second-order valence-electron chi connectivity index (χ2n) is 5.05. The fraction of sp³-hybridized carbons (Fsp3) is 1.00. The Kier molecular flexibility index (Phi) is 5.69. The summed E-state index contributed by atoms with van der Waals surface area (Å²) in [5.41, 5.74) is -0.170. The van der Waals surface area contributed by atoms with Crippen molar-refractivity contribution in [2.24, 2.45) is 0 Å². The largest absolute Gasteiger partial charge is 0.372 e. The maximum absolute atomic E-state index is 9.00. The first-order chi connectivity index (χ1) is 7.49. The van der Waals surface area contributed by atoms with E-state index >= 15 is 0 Å². The van der Waals surface area contributed by atoms with Crippen molar-refractivity contribution in [2.45, 2.75) is 58.0 Å². The third-order valence-corrected chi connectivity index (χ3v) is 2.84. The smallest absolute Gasteiger partial charge is 0.151 e. The van der Waals surface area contributed by atoms with Crippen molar-refractivity contribution < 1.29 is 14.6 Å². The van der Waals surface area contributed by atoms with E-state index in [9.17, 15) is 0 Å². The molecule has 0 aromatic rings. The summed E-state index contributed by atoms with van der Waals surface area (Å²) in [7, 11) is 0. The fourth-order valence-corrected chi connectivity index (χ4v) is 1.90. The van der Waals surface area contributed by atoms with E-state index in [-0.39, 0.29) is 5.60 Å².